The van der Waals surface area contributed by atoms with Crippen LogP contribution in [0.15, 0.2) is 39.6 Å². The third kappa shape index (κ3) is 4.01. The Labute approximate surface area is 155 Å². The maximum atomic E-state index is 12.6. The fraction of sp³-hybridized carbons (Fsp3) is 0.412. The van der Waals surface area contributed by atoms with E-state index < -0.39 is 5.63 Å². The molecule has 0 aliphatic carbocycles. The minimum absolute atomic E-state index is 0.0202. The van der Waals surface area contributed by atoms with E-state index in [1.165, 1.54) is 22.9 Å². The first-order valence-electron chi connectivity index (χ1n) is 8.23. The molecule has 8 heteroatoms. The van der Waals surface area contributed by atoms with Gasteiger partial charge in [0.1, 0.15) is 4.32 Å². The molecule has 1 N–H and O–H groups in total. The number of likely N-dealkylation sites (tertiary alicyclic amines) is 1. The van der Waals surface area contributed by atoms with Crippen LogP contribution in [0.2, 0.25) is 0 Å². The van der Waals surface area contributed by atoms with Crippen molar-refractivity contribution in [1.82, 2.24) is 10.2 Å². The van der Waals surface area contributed by atoms with E-state index in [0.717, 1.165) is 19.4 Å². The number of Topliss-reactive ketones (excluding diaryl/α,β-unsaturated/α-hetero) is 1. The Kier molecular flexibility index (Phi) is 5.70. The van der Waals surface area contributed by atoms with Gasteiger partial charge < -0.3 is 4.90 Å². The number of ketones is 1. The first kappa shape index (κ1) is 17.9. The molecule has 2 aromatic rings. The zero-order valence-electron chi connectivity index (χ0n) is 13.9. The standard InChI is InChI=1S/C17H19N3O3S2/c1-12-7-5-6-10-19(12)17(24)25-11-14(21)15-16(22)23-18-20(15)13-8-3-2-4-9-13/h2-4,8-9,12H,5-7,10-11H2,1H3/p+1. The van der Waals surface area contributed by atoms with Gasteiger partial charge in [-0.3, -0.25) is 9.32 Å². The lowest BCUT2D eigenvalue weighted by atomic mass is 10.1. The van der Waals surface area contributed by atoms with Gasteiger partial charge in [0.05, 0.1) is 5.75 Å². The number of nitrogens with zero attached hydrogens (tertiary/aromatic N) is 2. The highest BCUT2D eigenvalue weighted by atomic mass is 32.2. The van der Waals surface area contributed by atoms with Gasteiger partial charge in [0.2, 0.25) is 11.5 Å². The molecule has 1 saturated heterocycles. The number of thioether (sulfide) groups is 1. The third-order valence-electron chi connectivity index (χ3n) is 4.29. The molecule has 1 aromatic carbocycles. The van der Waals surface area contributed by atoms with Gasteiger partial charge in [-0.05, 0) is 36.1 Å². The van der Waals surface area contributed by atoms with Crippen LogP contribution in [0.5, 0.6) is 0 Å². The fourth-order valence-corrected chi connectivity index (χ4v) is 4.19. The average molecular weight is 378 g/mol. The number of carbonyl (C=O) groups excluding carboxylic acids is 1. The summed E-state index contributed by atoms with van der Waals surface area (Å²) in [7, 11) is 0. The number of thiocarbonyl (C=S) groups is 1. The molecule has 0 bridgehead atoms. The van der Waals surface area contributed by atoms with Crippen molar-refractivity contribution in [3.8, 4) is 5.69 Å². The maximum Gasteiger partial charge on any atom is 0.438 e. The Bertz CT molecular complexity index is 816. The summed E-state index contributed by atoms with van der Waals surface area (Å²) in [6.07, 6.45) is 3.45. The summed E-state index contributed by atoms with van der Waals surface area (Å²) in [6.45, 7) is 3.08. The smallest absolute Gasteiger partial charge is 0.355 e. The number of H-pyrrole nitrogens is 1. The van der Waals surface area contributed by atoms with Crippen molar-refractivity contribution in [2.45, 2.75) is 32.2 Å². The highest BCUT2D eigenvalue weighted by Gasteiger charge is 2.31. The first-order valence-corrected chi connectivity index (χ1v) is 9.63. The normalized spacial score (nSPS) is 17.5. The maximum absolute atomic E-state index is 12.6. The monoisotopic (exact) mass is 378 g/mol. The van der Waals surface area contributed by atoms with Crippen molar-refractivity contribution >= 4 is 34.1 Å². The average Bonchev–Trinajstić information content (AvgIpc) is 3.02. The first-order chi connectivity index (χ1) is 12.1. The summed E-state index contributed by atoms with van der Waals surface area (Å²) in [6, 6.07) is 9.48. The molecule has 0 radical (unpaired) electrons. The summed E-state index contributed by atoms with van der Waals surface area (Å²) in [5.74, 6) is -0.201. The number of carbonyl (C=O) groups is 1. The van der Waals surface area contributed by atoms with Gasteiger partial charge in [-0.25, -0.2) is 4.79 Å². The molecule has 1 unspecified atom stereocenters. The van der Waals surface area contributed by atoms with Gasteiger partial charge in [0.15, 0.2) is 0 Å². The molecule has 1 aliphatic rings. The quantitative estimate of drug-likeness (QED) is 0.500. The van der Waals surface area contributed by atoms with Crippen molar-refractivity contribution in [3.63, 3.8) is 0 Å². The summed E-state index contributed by atoms with van der Waals surface area (Å²) in [5, 5.41) is 2.49. The number of piperidine rings is 1. The van der Waals surface area contributed by atoms with Gasteiger partial charge in [0, 0.05) is 24.7 Å². The van der Waals surface area contributed by atoms with Crippen molar-refractivity contribution < 1.29 is 14.0 Å². The van der Waals surface area contributed by atoms with Crippen LogP contribution in [0.3, 0.4) is 0 Å². The van der Waals surface area contributed by atoms with E-state index in [4.69, 9.17) is 16.7 Å². The van der Waals surface area contributed by atoms with Crippen LogP contribution in [-0.4, -0.2) is 38.6 Å². The predicted molar refractivity (Wildman–Crippen MR) is 100 cm³/mol. The Balaban J connectivity index is 1.71. The zero-order valence-corrected chi connectivity index (χ0v) is 15.6. The highest BCUT2D eigenvalue weighted by Crippen LogP contribution is 2.21. The van der Waals surface area contributed by atoms with E-state index in [1.54, 1.807) is 12.1 Å². The molecule has 3 rings (SSSR count). The lowest BCUT2D eigenvalue weighted by Gasteiger charge is -2.34. The minimum atomic E-state index is -0.674. The molecule has 1 aliphatic heterocycles. The molecule has 1 aromatic heterocycles. The number of para-hydroxylation sites is 1. The second-order valence-electron chi connectivity index (χ2n) is 6.02. The molecule has 25 heavy (non-hydrogen) atoms. The Morgan fingerprint density at radius 1 is 1.40 bits per heavy atom. The summed E-state index contributed by atoms with van der Waals surface area (Å²) >= 11 is 6.78. The largest absolute Gasteiger partial charge is 0.438 e. The van der Waals surface area contributed by atoms with E-state index >= 15 is 0 Å². The van der Waals surface area contributed by atoms with Crippen molar-refractivity contribution in [3.05, 3.63) is 46.4 Å². The fourth-order valence-electron chi connectivity index (χ4n) is 2.92. The lowest BCUT2D eigenvalue weighted by Crippen LogP contribution is -2.42. The van der Waals surface area contributed by atoms with Crippen LogP contribution in [0.4, 0.5) is 0 Å². The van der Waals surface area contributed by atoms with Crippen LogP contribution in [0, 0.1) is 0 Å². The second kappa shape index (κ2) is 7.97. The molecule has 6 nitrogen and oxygen atoms in total. The Hall–Kier alpha value is -1.93. The molecule has 2 heterocycles. The van der Waals surface area contributed by atoms with Gasteiger partial charge >= 0.3 is 11.3 Å². The molecule has 1 atom stereocenters. The van der Waals surface area contributed by atoms with Crippen LogP contribution < -0.4 is 10.3 Å². The number of benzene rings is 1. The third-order valence-corrected chi connectivity index (χ3v) is 5.77. The van der Waals surface area contributed by atoms with Crippen LogP contribution >= 0.6 is 24.0 Å². The number of hydrogen-bond donors (Lipinski definition) is 1. The number of hydrogen-bond acceptors (Lipinski definition) is 5. The molecule has 1 fully saturated rings. The van der Waals surface area contributed by atoms with Crippen molar-refractivity contribution in [1.29, 1.82) is 0 Å². The zero-order chi connectivity index (χ0) is 17.8. The molecule has 132 valence electrons. The number of nitrogens with one attached hydrogen (secondary N) is 1. The summed E-state index contributed by atoms with van der Waals surface area (Å²) in [5.41, 5.74) is -0.0335. The van der Waals surface area contributed by atoms with E-state index in [0.29, 0.717) is 16.0 Å². The predicted octanol–water partition coefficient (Wildman–Crippen LogP) is 2.32. The van der Waals surface area contributed by atoms with Crippen LogP contribution in [0.25, 0.3) is 5.69 Å². The topological polar surface area (TPSA) is 70.2 Å². The molecule has 0 saturated carbocycles. The highest BCUT2D eigenvalue weighted by molar-refractivity contribution is 8.23. The molecule has 0 amide bonds. The molecular formula is C17H20N3O3S2+. The van der Waals surface area contributed by atoms with Crippen molar-refractivity contribution in [2.75, 3.05) is 12.3 Å². The van der Waals surface area contributed by atoms with E-state index in [9.17, 15) is 9.59 Å². The van der Waals surface area contributed by atoms with Gasteiger partial charge in [-0.15, -0.1) is 0 Å². The van der Waals surface area contributed by atoms with Crippen LogP contribution in [0.1, 0.15) is 36.7 Å². The Morgan fingerprint density at radius 2 is 2.16 bits per heavy atom. The van der Waals surface area contributed by atoms with E-state index in [1.807, 2.05) is 18.2 Å². The van der Waals surface area contributed by atoms with Gasteiger partial charge in [0.25, 0.3) is 0 Å². The Morgan fingerprint density at radius 3 is 2.88 bits per heavy atom. The van der Waals surface area contributed by atoms with Gasteiger partial charge in [-0.2, -0.15) is 0 Å². The second-order valence-corrected chi connectivity index (χ2v) is 7.63. The van der Waals surface area contributed by atoms with Gasteiger partial charge in [-0.1, -0.05) is 42.2 Å². The molecular weight excluding hydrogens is 358 g/mol. The van der Waals surface area contributed by atoms with E-state index in [-0.39, 0.29) is 17.2 Å². The SMILES string of the molecule is CC1CCCCN1C(=S)SCC(=O)c1c(=O)o[nH][n+]1-c1ccccc1. The summed E-state index contributed by atoms with van der Waals surface area (Å²) in [4.78, 5) is 26.7. The van der Waals surface area contributed by atoms with Crippen molar-refractivity contribution in [2.24, 2.45) is 0 Å². The number of rotatable bonds is 4. The van der Waals surface area contributed by atoms with Crippen LogP contribution in [-0.2, 0) is 0 Å². The lowest BCUT2D eigenvalue weighted by molar-refractivity contribution is -0.672. The number of aromatic nitrogens is 2. The van der Waals surface area contributed by atoms with E-state index in [2.05, 4.69) is 17.1 Å². The minimum Gasteiger partial charge on any atom is -0.355 e. The molecule has 0 spiro atoms. The summed E-state index contributed by atoms with van der Waals surface area (Å²) < 4.78 is 6.91. The number of aromatic amines is 1.